The number of carbonyl (C=O) groups is 1. The van der Waals surface area contributed by atoms with E-state index < -0.39 is 27.6 Å². The summed E-state index contributed by atoms with van der Waals surface area (Å²) in [6, 6.07) is 8.52. The van der Waals surface area contributed by atoms with Crippen LogP contribution in [0.2, 0.25) is 0 Å². The zero-order valence-electron chi connectivity index (χ0n) is 13.6. The van der Waals surface area contributed by atoms with Crippen LogP contribution in [0.1, 0.15) is 10.4 Å². The van der Waals surface area contributed by atoms with Crippen molar-refractivity contribution in [3.63, 3.8) is 0 Å². The van der Waals surface area contributed by atoms with Gasteiger partial charge in [-0.25, -0.2) is 17.2 Å². The van der Waals surface area contributed by atoms with Crippen molar-refractivity contribution in [2.75, 3.05) is 26.2 Å². The van der Waals surface area contributed by atoms with Crippen LogP contribution >= 0.6 is 0 Å². The van der Waals surface area contributed by atoms with Crippen molar-refractivity contribution in [2.45, 2.75) is 4.90 Å². The Morgan fingerprint density at radius 1 is 0.962 bits per heavy atom. The van der Waals surface area contributed by atoms with E-state index >= 15 is 0 Å². The Balaban J connectivity index is 1.72. The van der Waals surface area contributed by atoms with Gasteiger partial charge in [-0.1, -0.05) is 12.1 Å². The molecule has 1 fully saturated rings. The number of hydrogen-bond acceptors (Lipinski definition) is 4. The number of para-hydroxylation sites is 1. The number of halogens is 2. The van der Waals surface area contributed by atoms with E-state index in [2.05, 4.69) is 0 Å². The van der Waals surface area contributed by atoms with Gasteiger partial charge in [-0.3, -0.25) is 4.79 Å². The molecule has 1 saturated heterocycles. The van der Waals surface area contributed by atoms with Crippen LogP contribution in [0.4, 0.5) is 8.78 Å². The summed E-state index contributed by atoms with van der Waals surface area (Å²) in [5.74, 6) is -2.90. The molecule has 0 spiro atoms. The number of phenolic OH excluding ortho intramolecular Hbond substituents is 1. The molecule has 9 heteroatoms. The second kappa shape index (κ2) is 7.00. The summed E-state index contributed by atoms with van der Waals surface area (Å²) < 4.78 is 52.6. The molecule has 1 aliphatic heterocycles. The quantitative estimate of drug-likeness (QED) is 0.878. The molecular weight excluding hydrogens is 366 g/mol. The maximum absolute atomic E-state index is 13.3. The number of benzene rings is 2. The highest BCUT2D eigenvalue weighted by Crippen LogP contribution is 2.22. The molecule has 6 nitrogen and oxygen atoms in total. The Morgan fingerprint density at radius 2 is 1.62 bits per heavy atom. The van der Waals surface area contributed by atoms with Crippen LogP contribution in [0.3, 0.4) is 0 Å². The fourth-order valence-electron chi connectivity index (χ4n) is 2.74. The first-order chi connectivity index (χ1) is 12.3. The topological polar surface area (TPSA) is 77.9 Å². The minimum absolute atomic E-state index is 0.0145. The Hall–Kier alpha value is -2.52. The number of amides is 1. The van der Waals surface area contributed by atoms with Crippen molar-refractivity contribution in [3.8, 4) is 5.75 Å². The molecule has 26 heavy (non-hydrogen) atoms. The first-order valence-corrected chi connectivity index (χ1v) is 9.27. The molecule has 138 valence electrons. The van der Waals surface area contributed by atoms with Crippen LogP contribution in [0.15, 0.2) is 47.4 Å². The first kappa shape index (κ1) is 18.3. The molecule has 0 unspecified atom stereocenters. The van der Waals surface area contributed by atoms with E-state index in [0.717, 1.165) is 16.4 Å². The first-order valence-electron chi connectivity index (χ1n) is 7.83. The van der Waals surface area contributed by atoms with Crippen molar-refractivity contribution in [1.29, 1.82) is 0 Å². The Labute approximate surface area is 149 Å². The predicted molar refractivity (Wildman–Crippen MR) is 89.1 cm³/mol. The van der Waals surface area contributed by atoms with Gasteiger partial charge in [0.1, 0.15) is 5.75 Å². The number of carbonyl (C=O) groups excluding carboxylic acids is 1. The molecule has 0 saturated carbocycles. The van der Waals surface area contributed by atoms with Gasteiger partial charge in [0.25, 0.3) is 5.91 Å². The third kappa shape index (κ3) is 3.40. The number of phenols is 1. The van der Waals surface area contributed by atoms with E-state index in [4.69, 9.17) is 0 Å². The van der Waals surface area contributed by atoms with Crippen molar-refractivity contribution < 1.29 is 27.1 Å². The molecule has 0 aromatic heterocycles. The standard InChI is InChI=1S/C17H16F2N2O4S/c18-14-6-5-12(11-15(14)19)26(24,25)21-9-7-20(8-10-21)17(23)13-3-1-2-4-16(13)22/h1-6,11,22H,7-10H2. The lowest BCUT2D eigenvalue weighted by Crippen LogP contribution is -2.50. The van der Waals surface area contributed by atoms with Crippen LogP contribution in [0, 0.1) is 11.6 Å². The number of sulfonamides is 1. The van der Waals surface area contributed by atoms with E-state index in [0.29, 0.717) is 6.07 Å². The van der Waals surface area contributed by atoms with Gasteiger partial charge in [0.05, 0.1) is 10.5 Å². The van der Waals surface area contributed by atoms with Crippen molar-refractivity contribution in [3.05, 3.63) is 59.7 Å². The van der Waals surface area contributed by atoms with E-state index in [9.17, 15) is 27.1 Å². The van der Waals surface area contributed by atoms with Crippen LogP contribution in [0.5, 0.6) is 5.75 Å². The molecule has 1 heterocycles. The van der Waals surface area contributed by atoms with Gasteiger partial charge in [0.2, 0.25) is 10.0 Å². The van der Waals surface area contributed by atoms with Crippen LogP contribution in [0.25, 0.3) is 0 Å². The summed E-state index contributed by atoms with van der Waals surface area (Å²) in [4.78, 5) is 13.5. The van der Waals surface area contributed by atoms with Gasteiger partial charge in [0, 0.05) is 26.2 Å². The third-order valence-electron chi connectivity index (χ3n) is 4.19. The zero-order chi connectivity index (χ0) is 18.9. The SMILES string of the molecule is O=C(c1ccccc1O)N1CCN(S(=O)(=O)c2ccc(F)c(F)c2)CC1. The summed E-state index contributed by atoms with van der Waals surface area (Å²) in [6.45, 7) is 0.271. The zero-order valence-corrected chi connectivity index (χ0v) is 14.4. The monoisotopic (exact) mass is 382 g/mol. The molecule has 0 aliphatic carbocycles. The van der Waals surface area contributed by atoms with Gasteiger partial charge in [-0.2, -0.15) is 4.31 Å². The normalized spacial score (nSPS) is 15.8. The Morgan fingerprint density at radius 3 is 2.23 bits per heavy atom. The molecule has 0 bridgehead atoms. The fourth-order valence-corrected chi connectivity index (χ4v) is 4.18. The third-order valence-corrected chi connectivity index (χ3v) is 6.08. The minimum atomic E-state index is -3.98. The summed E-state index contributed by atoms with van der Waals surface area (Å²) in [7, 11) is -3.98. The summed E-state index contributed by atoms with van der Waals surface area (Å²) >= 11 is 0. The highest BCUT2D eigenvalue weighted by atomic mass is 32.2. The van der Waals surface area contributed by atoms with Crippen molar-refractivity contribution in [1.82, 2.24) is 9.21 Å². The molecule has 1 N–H and O–H groups in total. The summed E-state index contributed by atoms with van der Waals surface area (Å²) in [5, 5.41) is 9.77. The average Bonchev–Trinajstić information content (AvgIpc) is 2.64. The van der Waals surface area contributed by atoms with Crippen molar-refractivity contribution >= 4 is 15.9 Å². The Kier molecular flexibility index (Phi) is 4.92. The maximum atomic E-state index is 13.3. The van der Waals surface area contributed by atoms with E-state index in [1.165, 1.54) is 17.0 Å². The van der Waals surface area contributed by atoms with Gasteiger partial charge >= 0.3 is 0 Å². The fraction of sp³-hybridized carbons (Fsp3) is 0.235. The predicted octanol–water partition coefficient (Wildman–Crippen LogP) is 1.82. The Bertz CT molecular complexity index is 942. The van der Waals surface area contributed by atoms with Crippen LogP contribution < -0.4 is 0 Å². The maximum Gasteiger partial charge on any atom is 0.257 e. The average molecular weight is 382 g/mol. The minimum Gasteiger partial charge on any atom is -0.507 e. The number of nitrogens with zero attached hydrogens (tertiary/aromatic N) is 2. The van der Waals surface area contributed by atoms with Gasteiger partial charge in [-0.05, 0) is 30.3 Å². The second-order valence-electron chi connectivity index (χ2n) is 5.79. The number of hydrogen-bond donors (Lipinski definition) is 1. The molecule has 3 rings (SSSR count). The van der Waals surface area contributed by atoms with Crippen LogP contribution in [-0.2, 0) is 10.0 Å². The number of rotatable bonds is 3. The smallest absolute Gasteiger partial charge is 0.257 e. The van der Waals surface area contributed by atoms with E-state index in [-0.39, 0.29) is 42.4 Å². The van der Waals surface area contributed by atoms with E-state index in [1.54, 1.807) is 12.1 Å². The highest BCUT2D eigenvalue weighted by Gasteiger charge is 2.31. The molecule has 1 amide bonds. The molecule has 0 radical (unpaired) electrons. The number of aromatic hydroxyl groups is 1. The van der Waals surface area contributed by atoms with Gasteiger partial charge in [0.15, 0.2) is 11.6 Å². The summed E-state index contributed by atoms with van der Waals surface area (Å²) in [6.07, 6.45) is 0. The molecule has 2 aromatic carbocycles. The van der Waals surface area contributed by atoms with E-state index in [1.807, 2.05) is 0 Å². The molecular formula is C17H16F2N2O4S. The van der Waals surface area contributed by atoms with Crippen molar-refractivity contribution in [2.24, 2.45) is 0 Å². The highest BCUT2D eigenvalue weighted by molar-refractivity contribution is 7.89. The largest absolute Gasteiger partial charge is 0.507 e. The second-order valence-corrected chi connectivity index (χ2v) is 7.73. The molecule has 0 atom stereocenters. The lowest BCUT2D eigenvalue weighted by atomic mass is 10.1. The van der Waals surface area contributed by atoms with Gasteiger partial charge in [-0.15, -0.1) is 0 Å². The molecule has 2 aromatic rings. The molecule has 1 aliphatic rings. The lowest BCUT2D eigenvalue weighted by molar-refractivity contribution is 0.0695. The van der Waals surface area contributed by atoms with Crippen LogP contribution in [-0.4, -0.2) is 54.8 Å². The van der Waals surface area contributed by atoms with Gasteiger partial charge < -0.3 is 10.0 Å². The summed E-state index contributed by atoms with van der Waals surface area (Å²) in [5.41, 5.74) is 0.143. The number of piperazine rings is 1. The lowest BCUT2D eigenvalue weighted by Gasteiger charge is -2.34.